The summed E-state index contributed by atoms with van der Waals surface area (Å²) < 4.78 is 7.28. The smallest absolute Gasteiger partial charge is 0.275 e. The highest BCUT2D eigenvalue weighted by atomic mass is 35.5. The van der Waals surface area contributed by atoms with Gasteiger partial charge in [0.2, 0.25) is 0 Å². The average Bonchev–Trinajstić information content (AvgIpc) is 3.68. The molecule has 8 heteroatoms. The predicted octanol–water partition coefficient (Wildman–Crippen LogP) is 6.50. The number of hydrogen-bond donors (Lipinski definition) is 0. The maximum Gasteiger partial charge on any atom is 0.275 e. The highest BCUT2D eigenvalue weighted by Crippen LogP contribution is 2.38. The van der Waals surface area contributed by atoms with Crippen LogP contribution in [0.4, 0.5) is 0 Å². The Morgan fingerprint density at radius 1 is 1.08 bits per heavy atom. The first kappa shape index (κ1) is 22.5. The summed E-state index contributed by atoms with van der Waals surface area (Å²) in [6.07, 6.45) is 1.92. The molecule has 2 aromatic carbocycles. The van der Waals surface area contributed by atoms with E-state index in [-0.39, 0.29) is 11.5 Å². The monoisotopic (exact) mass is 513 g/mol. The van der Waals surface area contributed by atoms with E-state index in [4.69, 9.17) is 21.1 Å². The summed E-state index contributed by atoms with van der Waals surface area (Å²) >= 11 is 7.74. The van der Waals surface area contributed by atoms with Crippen molar-refractivity contribution in [3.63, 3.8) is 0 Å². The number of aryl methyl sites for hydroxylation is 1. The quantitative estimate of drug-likeness (QED) is 0.275. The molecule has 178 valence electrons. The molecule has 0 saturated heterocycles. The predicted molar refractivity (Wildman–Crippen MR) is 143 cm³/mol. The molecule has 0 N–H and O–H groups in total. The number of aromatic nitrogens is 1. The fourth-order valence-electron chi connectivity index (χ4n) is 4.75. The molecule has 6 rings (SSSR count). The molecule has 1 unspecified atom stereocenters. The number of nitrogens with zero attached hydrogens (tertiary/aromatic N) is 3. The molecule has 0 radical (unpaired) electrons. The van der Waals surface area contributed by atoms with Gasteiger partial charge in [-0.1, -0.05) is 48.0 Å². The van der Waals surface area contributed by atoms with Gasteiger partial charge in [-0.15, -0.1) is 0 Å². The molecular weight excluding hydrogens is 494 g/mol. The number of benzene rings is 2. The van der Waals surface area contributed by atoms with Crippen LogP contribution in [-0.4, -0.2) is 21.2 Å². The number of amides is 1. The topological polar surface area (TPSA) is 67.8 Å². The van der Waals surface area contributed by atoms with Gasteiger partial charge < -0.3 is 8.98 Å². The number of pyridine rings is 1. The molecule has 0 spiro atoms. The minimum Gasteiger partial charge on any atom is -0.467 e. The van der Waals surface area contributed by atoms with E-state index in [0.29, 0.717) is 34.0 Å². The normalized spacial score (nSPS) is 15.4. The van der Waals surface area contributed by atoms with Crippen LogP contribution in [0.5, 0.6) is 0 Å². The Morgan fingerprint density at radius 3 is 2.64 bits per heavy atom. The molecular formula is C28H20ClN3O3S. The van der Waals surface area contributed by atoms with E-state index >= 15 is 0 Å². The van der Waals surface area contributed by atoms with Crippen LogP contribution in [0.2, 0.25) is 5.02 Å². The average molecular weight is 514 g/mol. The van der Waals surface area contributed by atoms with Crippen LogP contribution in [0.25, 0.3) is 22.0 Å². The van der Waals surface area contributed by atoms with Gasteiger partial charge in [0.1, 0.15) is 11.8 Å². The number of thiophene rings is 1. The Kier molecular flexibility index (Phi) is 5.59. The number of halogens is 1. The third-order valence-electron chi connectivity index (χ3n) is 6.47. The summed E-state index contributed by atoms with van der Waals surface area (Å²) in [4.78, 5) is 27.3. The first-order valence-corrected chi connectivity index (χ1v) is 12.7. The van der Waals surface area contributed by atoms with Crippen LogP contribution in [-0.2, 0) is 7.05 Å². The molecule has 0 saturated carbocycles. The van der Waals surface area contributed by atoms with Gasteiger partial charge in [-0.25, -0.2) is 5.01 Å². The molecule has 1 aliphatic heterocycles. The maximum absolute atomic E-state index is 13.9. The zero-order chi connectivity index (χ0) is 24.8. The second-order valence-electron chi connectivity index (χ2n) is 8.59. The highest BCUT2D eigenvalue weighted by molar-refractivity contribution is 7.08. The van der Waals surface area contributed by atoms with E-state index in [0.717, 1.165) is 22.0 Å². The van der Waals surface area contributed by atoms with Crippen molar-refractivity contribution in [2.45, 2.75) is 12.5 Å². The number of furan rings is 1. The van der Waals surface area contributed by atoms with Gasteiger partial charge in [0.25, 0.3) is 11.5 Å². The number of fused-ring (bicyclic) bond motifs is 1. The molecule has 0 fully saturated rings. The van der Waals surface area contributed by atoms with Crippen molar-refractivity contribution in [3.05, 3.63) is 116 Å². The first-order chi connectivity index (χ1) is 17.5. The van der Waals surface area contributed by atoms with Crippen LogP contribution < -0.4 is 5.56 Å². The van der Waals surface area contributed by atoms with Crippen molar-refractivity contribution in [2.75, 3.05) is 0 Å². The minimum atomic E-state index is -0.461. The van der Waals surface area contributed by atoms with E-state index in [2.05, 4.69) is 0 Å². The lowest BCUT2D eigenvalue weighted by atomic mass is 9.91. The Morgan fingerprint density at radius 2 is 1.92 bits per heavy atom. The van der Waals surface area contributed by atoms with Crippen molar-refractivity contribution in [3.8, 4) is 11.1 Å². The van der Waals surface area contributed by atoms with E-state index < -0.39 is 6.04 Å². The van der Waals surface area contributed by atoms with Crippen molar-refractivity contribution < 1.29 is 9.21 Å². The fourth-order valence-corrected chi connectivity index (χ4v) is 5.55. The molecule has 3 aromatic heterocycles. The van der Waals surface area contributed by atoms with Crippen molar-refractivity contribution in [2.24, 2.45) is 12.1 Å². The van der Waals surface area contributed by atoms with Crippen LogP contribution in [0, 0.1) is 0 Å². The summed E-state index contributed by atoms with van der Waals surface area (Å²) in [6.45, 7) is 0. The van der Waals surface area contributed by atoms with Gasteiger partial charge in [0.05, 0.1) is 28.6 Å². The highest BCUT2D eigenvalue weighted by Gasteiger charge is 2.37. The lowest BCUT2D eigenvalue weighted by Gasteiger charge is -2.19. The van der Waals surface area contributed by atoms with E-state index in [9.17, 15) is 9.59 Å². The Hall–Kier alpha value is -3.94. The SMILES string of the molecule is Cn1c(=O)c(C2=NN(C(=O)c3ccsc3)C(c3ccco3)C2)c(-c2ccccc2)c2ccc(Cl)cc21. The van der Waals surface area contributed by atoms with Gasteiger partial charge in [0.15, 0.2) is 0 Å². The first-order valence-electron chi connectivity index (χ1n) is 11.4. The second-order valence-corrected chi connectivity index (χ2v) is 9.80. The third-order valence-corrected chi connectivity index (χ3v) is 7.39. The van der Waals surface area contributed by atoms with Gasteiger partial charge in [0, 0.05) is 34.8 Å². The lowest BCUT2D eigenvalue weighted by Crippen LogP contribution is -2.26. The van der Waals surface area contributed by atoms with Gasteiger partial charge in [-0.2, -0.15) is 16.4 Å². The number of rotatable bonds is 4. The molecule has 0 bridgehead atoms. The number of carbonyl (C=O) groups is 1. The fraction of sp³-hybridized carbons (Fsp3) is 0.107. The third kappa shape index (κ3) is 3.68. The molecule has 1 amide bonds. The molecule has 6 nitrogen and oxygen atoms in total. The zero-order valence-electron chi connectivity index (χ0n) is 19.2. The van der Waals surface area contributed by atoms with Crippen molar-refractivity contribution in [1.82, 2.24) is 9.58 Å². The molecule has 5 aromatic rings. The standard InChI is InChI=1S/C28H20ClN3O3S/c1-31-22-14-19(29)9-10-20(22)25(17-6-3-2-4-7-17)26(28(31)34)21-15-23(24-8-5-12-35-24)32(30-21)27(33)18-11-13-36-16-18/h2-14,16,23H,15H2,1H3. The number of hydrazone groups is 1. The van der Waals surface area contributed by atoms with Gasteiger partial charge in [-0.05, 0) is 41.3 Å². The Labute approximate surface area is 215 Å². The summed E-state index contributed by atoms with van der Waals surface area (Å²) in [5.41, 5.74) is 3.73. The lowest BCUT2D eigenvalue weighted by molar-refractivity contribution is 0.0693. The van der Waals surface area contributed by atoms with E-state index in [1.54, 1.807) is 41.5 Å². The molecule has 1 atom stereocenters. The summed E-state index contributed by atoms with van der Waals surface area (Å²) in [5.74, 6) is 0.376. The number of carbonyl (C=O) groups excluding carboxylic acids is 1. The van der Waals surface area contributed by atoms with E-state index in [1.807, 2.05) is 53.9 Å². The summed E-state index contributed by atoms with van der Waals surface area (Å²) in [6, 6.07) is 20.2. The van der Waals surface area contributed by atoms with Gasteiger partial charge >= 0.3 is 0 Å². The van der Waals surface area contributed by atoms with Crippen LogP contribution in [0.3, 0.4) is 0 Å². The summed E-state index contributed by atoms with van der Waals surface area (Å²) in [7, 11) is 1.73. The van der Waals surface area contributed by atoms with Crippen LogP contribution in [0.1, 0.15) is 34.1 Å². The molecule has 1 aliphatic rings. The molecule has 0 aliphatic carbocycles. The summed E-state index contributed by atoms with van der Waals surface area (Å²) in [5, 5.41) is 11.3. The molecule has 4 heterocycles. The largest absolute Gasteiger partial charge is 0.467 e. The Bertz CT molecular complexity index is 1670. The van der Waals surface area contributed by atoms with E-state index in [1.165, 1.54) is 16.3 Å². The Balaban J connectivity index is 1.61. The molecule has 36 heavy (non-hydrogen) atoms. The van der Waals surface area contributed by atoms with Crippen LogP contribution in [0.15, 0.2) is 98.1 Å². The zero-order valence-corrected chi connectivity index (χ0v) is 20.8. The maximum atomic E-state index is 13.9. The van der Waals surface area contributed by atoms with Gasteiger partial charge in [-0.3, -0.25) is 9.59 Å². The van der Waals surface area contributed by atoms with Crippen molar-refractivity contribution in [1.29, 1.82) is 0 Å². The second kappa shape index (κ2) is 8.93. The number of hydrogen-bond acceptors (Lipinski definition) is 5. The van der Waals surface area contributed by atoms with Crippen LogP contribution >= 0.6 is 22.9 Å². The van der Waals surface area contributed by atoms with Crippen molar-refractivity contribution >= 4 is 45.5 Å². The minimum absolute atomic E-state index is 0.203.